The van der Waals surface area contributed by atoms with Crippen molar-refractivity contribution in [2.24, 2.45) is 5.10 Å². The molecule has 1 aromatic heterocycles. The summed E-state index contributed by atoms with van der Waals surface area (Å²) >= 11 is 0. The summed E-state index contributed by atoms with van der Waals surface area (Å²) in [6, 6.07) is 13.1. The fraction of sp³-hybridized carbons (Fsp3) is 0. The number of halogens is 1. The summed E-state index contributed by atoms with van der Waals surface area (Å²) in [5, 5.41) is 16.3. The Bertz CT molecular complexity index is 1150. The molecule has 1 heterocycles. The first kappa shape index (κ1) is 18.6. The third-order valence-corrected chi connectivity index (χ3v) is 3.61. The number of nitrogens with zero attached hydrogens (tertiary/aromatic N) is 2. The molecule has 0 unspecified atom stereocenters. The zero-order valence-electron chi connectivity index (χ0n) is 14.2. The number of hydrogen-bond acceptors (Lipinski definition) is 5. The van der Waals surface area contributed by atoms with Gasteiger partial charge in [0.25, 0.3) is 5.56 Å². The number of hydrazone groups is 1. The van der Waals surface area contributed by atoms with Crippen LogP contribution in [-0.2, 0) is 0 Å². The normalized spacial score (nSPS) is 10.8. The Morgan fingerprint density at radius 2 is 1.79 bits per heavy atom. The van der Waals surface area contributed by atoms with Gasteiger partial charge in [-0.2, -0.15) is 5.10 Å². The molecule has 0 fully saturated rings. The van der Waals surface area contributed by atoms with Crippen LogP contribution in [0.15, 0.2) is 69.3 Å². The highest BCUT2D eigenvalue weighted by molar-refractivity contribution is 5.90. The molecule has 142 valence electrons. The molecule has 10 heteroatoms. The number of carbonyl (C=O) groups is 1. The van der Waals surface area contributed by atoms with Crippen LogP contribution >= 0.6 is 0 Å². The molecule has 0 radical (unpaired) electrons. The predicted octanol–water partition coefficient (Wildman–Crippen LogP) is 1.53. The van der Waals surface area contributed by atoms with E-state index < -0.39 is 34.5 Å². The van der Waals surface area contributed by atoms with Gasteiger partial charge >= 0.3 is 11.7 Å². The zero-order chi connectivity index (χ0) is 20.1. The van der Waals surface area contributed by atoms with Gasteiger partial charge in [-0.3, -0.25) is 9.78 Å². The van der Waals surface area contributed by atoms with Crippen molar-refractivity contribution >= 4 is 17.9 Å². The molecule has 0 spiro atoms. The lowest BCUT2D eigenvalue weighted by atomic mass is 10.2. The number of nitrogens with one attached hydrogen (secondary N) is 3. The van der Waals surface area contributed by atoms with E-state index >= 15 is 0 Å². The molecule has 0 aliphatic carbocycles. The highest BCUT2D eigenvalue weighted by Crippen LogP contribution is 2.17. The van der Waals surface area contributed by atoms with E-state index in [1.54, 1.807) is 30.3 Å². The van der Waals surface area contributed by atoms with Gasteiger partial charge in [0.05, 0.1) is 11.9 Å². The number of aromatic amines is 1. The van der Waals surface area contributed by atoms with Crippen LogP contribution in [-0.4, -0.2) is 26.9 Å². The van der Waals surface area contributed by atoms with Gasteiger partial charge in [0.15, 0.2) is 0 Å². The molecule has 3 rings (SSSR count). The topological polar surface area (TPSA) is 129 Å². The minimum absolute atomic E-state index is 0.259. The van der Waals surface area contributed by atoms with Gasteiger partial charge in [-0.1, -0.05) is 30.3 Å². The molecule has 3 aromatic rings. The molecule has 28 heavy (non-hydrogen) atoms. The summed E-state index contributed by atoms with van der Waals surface area (Å²) in [5.41, 5.74) is -0.0522. The molecule has 0 saturated carbocycles. The van der Waals surface area contributed by atoms with Crippen molar-refractivity contribution in [1.82, 2.24) is 15.0 Å². The first-order valence-electron chi connectivity index (χ1n) is 7.95. The number of carbonyl (C=O) groups excluding carboxylic acids is 1. The van der Waals surface area contributed by atoms with Crippen molar-refractivity contribution in [3.8, 4) is 11.6 Å². The lowest BCUT2D eigenvalue weighted by molar-refractivity contribution is 0.252. The molecule has 0 atom stereocenters. The van der Waals surface area contributed by atoms with E-state index in [9.17, 15) is 23.9 Å². The zero-order valence-corrected chi connectivity index (χ0v) is 14.2. The third-order valence-electron chi connectivity index (χ3n) is 3.61. The monoisotopic (exact) mass is 383 g/mol. The molecule has 0 saturated heterocycles. The van der Waals surface area contributed by atoms with Gasteiger partial charge < -0.3 is 10.4 Å². The fourth-order valence-electron chi connectivity index (χ4n) is 2.35. The highest BCUT2D eigenvalue weighted by atomic mass is 19.1. The largest absolute Gasteiger partial charge is 0.493 e. The van der Waals surface area contributed by atoms with Gasteiger partial charge in [0.2, 0.25) is 5.88 Å². The lowest BCUT2D eigenvalue weighted by Crippen LogP contribution is -2.32. The Kier molecular flexibility index (Phi) is 5.30. The van der Waals surface area contributed by atoms with Crippen LogP contribution in [0.5, 0.6) is 5.88 Å². The summed E-state index contributed by atoms with van der Waals surface area (Å²) in [6.45, 7) is 0. The average molecular weight is 383 g/mol. The second kappa shape index (κ2) is 7.99. The lowest BCUT2D eigenvalue weighted by Gasteiger charge is -2.10. The number of urea groups is 1. The number of benzene rings is 2. The van der Waals surface area contributed by atoms with Gasteiger partial charge in [0.1, 0.15) is 11.4 Å². The first-order chi connectivity index (χ1) is 13.5. The molecular weight excluding hydrogens is 369 g/mol. The standard InChI is InChI=1S/C18H14FN5O4/c19-13-8-4-5-9-14(13)24-16(26)12(15(25)22-18(24)28)10-20-23-17(27)21-11-6-2-1-3-7-11/h1-10,26H,(H2,21,23,27)(H,22,25,28)/b20-10+. The van der Waals surface area contributed by atoms with Crippen molar-refractivity contribution in [3.63, 3.8) is 0 Å². The highest BCUT2D eigenvalue weighted by Gasteiger charge is 2.16. The molecule has 0 aliphatic rings. The number of H-pyrrole nitrogens is 1. The summed E-state index contributed by atoms with van der Waals surface area (Å²) < 4.78 is 14.6. The minimum atomic E-state index is -1.03. The van der Waals surface area contributed by atoms with Gasteiger partial charge in [-0.15, -0.1) is 0 Å². The second-order valence-corrected chi connectivity index (χ2v) is 5.47. The van der Waals surface area contributed by atoms with Crippen molar-refractivity contribution in [2.45, 2.75) is 0 Å². The maximum Gasteiger partial charge on any atom is 0.339 e. The molecule has 0 aliphatic heterocycles. The molecule has 4 N–H and O–H groups in total. The van der Waals surface area contributed by atoms with Crippen molar-refractivity contribution < 1.29 is 14.3 Å². The van der Waals surface area contributed by atoms with Gasteiger partial charge in [-0.05, 0) is 24.3 Å². The number of rotatable bonds is 4. The van der Waals surface area contributed by atoms with Gasteiger partial charge in [-0.25, -0.2) is 24.0 Å². The number of hydrogen-bond donors (Lipinski definition) is 4. The Morgan fingerprint density at radius 3 is 2.50 bits per heavy atom. The van der Waals surface area contributed by atoms with E-state index in [2.05, 4.69) is 15.8 Å². The maximum absolute atomic E-state index is 14.0. The van der Waals surface area contributed by atoms with Crippen LogP contribution in [0, 0.1) is 5.82 Å². The van der Waals surface area contributed by atoms with E-state index in [-0.39, 0.29) is 5.69 Å². The minimum Gasteiger partial charge on any atom is -0.493 e. The van der Waals surface area contributed by atoms with E-state index in [1.165, 1.54) is 18.2 Å². The quantitative estimate of drug-likeness (QED) is 0.402. The number of amides is 2. The molecule has 0 bridgehead atoms. The Labute approximate surface area is 156 Å². The van der Waals surface area contributed by atoms with E-state index in [0.29, 0.717) is 10.3 Å². The van der Waals surface area contributed by atoms with Crippen molar-refractivity contribution in [3.05, 3.63) is 86.8 Å². The number of aromatic nitrogens is 2. The maximum atomic E-state index is 14.0. The van der Waals surface area contributed by atoms with E-state index in [4.69, 9.17) is 0 Å². The van der Waals surface area contributed by atoms with Gasteiger partial charge in [0, 0.05) is 5.69 Å². The van der Waals surface area contributed by atoms with Crippen LogP contribution in [0.2, 0.25) is 0 Å². The summed E-state index contributed by atoms with van der Waals surface area (Å²) in [7, 11) is 0. The number of anilines is 1. The van der Waals surface area contributed by atoms with E-state index in [1.807, 2.05) is 4.98 Å². The molecule has 2 amide bonds. The summed E-state index contributed by atoms with van der Waals surface area (Å²) in [5.74, 6) is -1.61. The second-order valence-electron chi connectivity index (χ2n) is 5.47. The van der Waals surface area contributed by atoms with Crippen LogP contribution in [0.3, 0.4) is 0 Å². The van der Waals surface area contributed by atoms with Crippen LogP contribution < -0.4 is 22.0 Å². The Balaban J connectivity index is 1.86. The van der Waals surface area contributed by atoms with Crippen LogP contribution in [0.25, 0.3) is 5.69 Å². The molecular formula is C18H14FN5O4. The van der Waals surface area contributed by atoms with Crippen LogP contribution in [0.1, 0.15) is 5.56 Å². The molecule has 9 nitrogen and oxygen atoms in total. The number of para-hydroxylation sites is 2. The average Bonchev–Trinajstić information content (AvgIpc) is 2.66. The molecule has 2 aromatic carbocycles. The van der Waals surface area contributed by atoms with Crippen molar-refractivity contribution in [2.75, 3.05) is 5.32 Å². The predicted molar refractivity (Wildman–Crippen MR) is 100 cm³/mol. The summed E-state index contributed by atoms with van der Waals surface area (Å²) in [6.07, 6.45) is 0.843. The SMILES string of the molecule is O=C(N/N=C/c1c(O)n(-c2ccccc2F)c(=O)[nH]c1=O)Nc1ccccc1. The Morgan fingerprint density at radius 1 is 1.11 bits per heavy atom. The van der Waals surface area contributed by atoms with Crippen LogP contribution in [0.4, 0.5) is 14.9 Å². The fourth-order valence-corrected chi connectivity index (χ4v) is 2.35. The smallest absolute Gasteiger partial charge is 0.339 e. The number of aromatic hydroxyl groups is 1. The van der Waals surface area contributed by atoms with Crippen molar-refractivity contribution in [1.29, 1.82) is 0 Å². The Hall–Kier alpha value is -4.21. The first-order valence-corrected chi connectivity index (χ1v) is 7.95. The summed E-state index contributed by atoms with van der Waals surface area (Å²) in [4.78, 5) is 37.7. The third kappa shape index (κ3) is 3.96. The van der Waals surface area contributed by atoms with E-state index in [0.717, 1.165) is 12.3 Å².